The van der Waals surface area contributed by atoms with Crippen LogP contribution in [0.2, 0.25) is 0 Å². The molecule has 0 heterocycles. The van der Waals surface area contributed by atoms with E-state index in [2.05, 4.69) is 31.4 Å². The highest BCUT2D eigenvalue weighted by molar-refractivity contribution is 6.06. The summed E-state index contributed by atoms with van der Waals surface area (Å²) in [4.78, 5) is 49.6. The normalized spacial score (nSPS) is 12.7. The zero-order valence-electron chi connectivity index (χ0n) is 33.9. The summed E-state index contributed by atoms with van der Waals surface area (Å²) in [5.74, 6) is -1.05. The highest BCUT2D eigenvalue weighted by atomic mass is 16.5. The Kier molecular flexibility index (Phi) is 20.7. The fourth-order valence-corrected chi connectivity index (χ4v) is 6.56. The number of amides is 2. The lowest BCUT2D eigenvalue weighted by Crippen LogP contribution is -2.26. The van der Waals surface area contributed by atoms with Crippen molar-refractivity contribution in [2.24, 2.45) is 11.8 Å². The van der Waals surface area contributed by atoms with Gasteiger partial charge in [-0.3, -0.25) is 14.4 Å². The van der Waals surface area contributed by atoms with Gasteiger partial charge in [-0.15, -0.1) is 0 Å². The molecule has 308 valence electrons. The van der Waals surface area contributed by atoms with Gasteiger partial charge in [0.2, 0.25) is 5.91 Å². The van der Waals surface area contributed by atoms with E-state index in [-0.39, 0.29) is 47.3 Å². The number of carbonyl (C=O) groups is 4. The standard InChI is InChI=1S/C45H64N2O9/c1-5-8-29-55-45(53)34(7-3)21-16-14-12-10-9-11-13-15-20-33(6-2)42(49)47-35-24-26-36(27-25-35)54-30-19-28-46-43(50)39-31-40(56-32(4)44(51)52)37-22-17-18-23-38(37)41(39)48/h17-18,22-27,31-34,48H,5-16,19-21,28-30H2,1-4H3,(H,46,50)(H,47,49)(H,51,52). The number of carboxylic acids is 1. The summed E-state index contributed by atoms with van der Waals surface area (Å²) in [6, 6.07) is 15.4. The first-order valence-electron chi connectivity index (χ1n) is 20.7. The molecule has 3 aromatic rings. The van der Waals surface area contributed by atoms with E-state index >= 15 is 0 Å². The molecule has 0 spiro atoms. The van der Waals surface area contributed by atoms with Gasteiger partial charge in [-0.25, -0.2) is 4.79 Å². The van der Waals surface area contributed by atoms with Gasteiger partial charge in [-0.1, -0.05) is 103 Å². The number of aliphatic carboxylic acids is 1. The van der Waals surface area contributed by atoms with Gasteiger partial charge < -0.3 is 35.1 Å². The molecule has 3 atom stereocenters. The predicted molar refractivity (Wildman–Crippen MR) is 220 cm³/mol. The average Bonchev–Trinajstić information content (AvgIpc) is 3.19. The van der Waals surface area contributed by atoms with Crippen molar-refractivity contribution in [3.05, 3.63) is 60.2 Å². The van der Waals surface area contributed by atoms with Gasteiger partial charge in [0.25, 0.3) is 5.91 Å². The van der Waals surface area contributed by atoms with Crippen molar-refractivity contribution in [3.8, 4) is 17.2 Å². The third-order valence-electron chi connectivity index (χ3n) is 10.2. The number of hydrogen-bond acceptors (Lipinski definition) is 8. The maximum Gasteiger partial charge on any atom is 0.344 e. The van der Waals surface area contributed by atoms with Crippen LogP contribution in [0, 0.1) is 11.8 Å². The van der Waals surface area contributed by atoms with Gasteiger partial charge in [0.15, 0.2) is 6.10 Å². The van der Waals surface area contributed by atoms with Crippen LogP contribution in [0.1, 0.15) is 134 Å². The Labute approximate surface area is 332 Å². The van der Waals surface area contributed by atoms with E-state index in [9.17, 15) is 29.4 Å². The summed E-state index contributed by atoms with van der Waals surface area (Å²) < 4.78 is 16.8. The molecule has 0 aliphatic heterocycles. The quantitative estimate of drug-likeness (QED) is 0.0416. The second-order valence-corrected chi connectivity index (χ2v) is 14.5. The summed E-state index contributed by atoms with van der Waals surface area (Å²) >= 11 is 0. The topological polar surface area (TPSA) is 160 Å². The number of anilines is 1. The number of esters is 1. The number of hydrogen-bond donors (Lipinski definition) is 4. The summed E-state index contributed by atoms with van der Waals surface area (Å²) in [6.07, 6.45) is 13.9. The van der Waals surface area contributed by atoms with Gasteiger partial charge in [0.1, 0.15) is 17.2 Å². The van der Waals surface area contributed by atoms with Crippen LogP contribution < -0.4 is 20.1 Å². The molecule has 0 radical (unpaired) electrons. The molecular formula is C45H64N2O9. The smallest absolute Gasteiger partial charge is 0.344 e. The zero-order valence-corrected chi connectivity index (χ0v) is 33.9. The summed E-state index contributed by atoms with van der Waals surface area (Å²) in [5.41, 5.74) is 0.696. The van der Waals surface area contributed by atoms with Gasteiger partial charge in [0.05, 0.1) is 24.7 Å². The number of ether oxygens (including phenoxy) is 3. The monoisotopic (exact) mass is 776 g/mol. The second-order valence-electron chi connectivity index (χ2n) is 14.5. The van der Waals surface area contributed by atoms with Crippen LogP contribution in [0.15, 0.2) is 54.6 Å². The summed E-state index contributed by atoms with van der Waals surface area (Å²) in [5, 5.41) is 26.8. The first-order valence-corrected chi connectivity index (χ1v) is 20.7. The molecule has 0 bridgehead atoms. The van der Waals surface area contributed by atoms with Crippen molar-refractivity contribution in [2.75, 3.05) is 25.1 Å². The predicted octanol–water partition coefficient (Wildman–Crippen LogP) is 9.83. The number of fused-ring (bicyclic) bond motifs is 1. The number of nitrogens with one attached hydrogen (secondary N) is 2. The molecule has 3 unspecified atom stereocenters. The molecule has 0 aliphatic rings. The lowest BCUT2D eigenvalue weighted by molar-refractivity contribution is -0.149. The molecule has 11 nitrogen and oxygen atoms in total. The van der Waals surface area contributed by atoms with E-state index in [0.29, 0.717) is 41.8 Å². The minimum Gasteiger partial charge on any atom is -0.506 e. The van der Waals surface area contributed by atoms with Crippen molar-refractivity contribution in [1.29, 1.82) is 0 Å². The molecule has 4 N–H and O–H groups in total. The molecule has 11 heteroatoms. The molecule has 3 rings (SSSR count). The van der Waals surface area contributed by atoms with Gasteiger partial charge >= 0.3 is 11.9 Å². The number of unbranched alkanes of at least 4 members (excludes halogenated alkanes) is 8. The largest absolute Gasteiger partial charge is 0.506 e. The van der Waals surface area contributed by atoms with E-state index < -0.39 is 18.0 Å². The van der Waals surface area contributed by atoms with Crippen molar-refractivity contribution >= 4 is 40.2 Å². The molecule has 0 saturated carbocycles. The molecule has 3 aromatic carbocycles. The number of carbonyl (C=O) groups excluding carboxylic acids is 3. The number of rotatable bonds is 28. The number of phenolic OH excluding ortho intramolecular Hbond substituents is 1. The summed E-state index contributed by atoms with van der Waals surface area (Å²) in [7, 11) is 0. The Morgan fingerprint density at radius 1 is 0.732 bits per heavy atom. The van der Waals surface area contributed by atoms with E-state index in [1.165, 1.54) is 38.7 Å². The first kappa shape index (κ1) is 45.6. The molecular weight excluding hydrogens is 712 g/mol. The lowest BCUT2D eigenvalue weighted by Gasteiger charge is -2.16. The first-order chi connectivity index (χ1) is 27.1. The number of phenols is 1. The van der Waals surface area contributed by atoms with Crippen LogP contribution in [0.3, 0.4) is 0 Å². The molecule has 56 heavy (non-hydrogen) atoms. The maximum atomic E-state index is 13.0. The lowest BCUT2D eigenvalue weighted by atomic mass is 9.96. The second kappa shape index (κ2) is 25.4. The third kappa shape index (κ3) is 15.4. The third-order valence-corrected chi connectivity index (χ3v) is 10.2. The van der Waals surface area contributed by atoms with E-state index in [0.717, 1.165) is 64.2 Å². The van der Waals surface area contributed by atoms with Crippen LogP contribution in [0.25, 0.3) is 10.8 Å². The van der Waals surface area contributed by atoms with Crippen molar-refractivity contribution in [3.63, 3.8) is 0 Å². The molecule has 0 aliphatic carbocycles. The zero-order chi connectivity index (χ0) is 40.7. The maximum absolute atomic E-state index is 13.0. The van der Waals surface area contributed by atoms with Crippen LogP contribution in [0.5, 0.6) is 17.2 Å². The number of aromatic hydroxyl groups is 1. The Morgan fingerprint density at radius 3 is 1.95 bits per heavy atom. The average molecular weight is 777 g/mol. The van der Waals surface area contributed by atoms with Gasteiger partial charge in [0, 0.05) is 28.9 Å². The molecule has 0 saturated heterocycles. The minimum absolute atomic E-state index is 0.0149. The fourth-order valence-electron chi connectivity index (χ4n) is 6.56. The summed E-state index contributed by atoms with van der Waals surface area (Å²) in [6.45, 7) is 8.75. The molecule has 0 fully saturated rings. The van der Waals surface area contributed by atoms with Crippen molar-refractivity contribution in [1.82, 2.24) is 5.32 Å². The highest BCUT2D eigenvalue weighted by Crippen LogP contribution is 2.36. The van der Waals surface area contributed by atoms with Crippen LogP contribution in [-0.4, -0.2) is 59.8 Å². The van der Waals surface area contributed by atoms with Crippen LogP contribution >= 0.6 is 0 Å². The van der Waals surface area contributed by atoms with E-state index in [1.807, 2.05) is 12.1 Å². The van der Waals surface area contributed by atoms with E-state index in [1.54, 1.807) is 36.4 Å². The molecule has 0 aromatic heterocycles. The van der Waals surface area contributed by atoms with Crippen molar-refractivity contribution < 1.29 is 43.6 Å². The Hall–Kier alpha value is -4.80. The van der Waals surface area contributed by atoms with Crippen molar-refractivity contribution in [2.45, 2.75) is 130 Å². The van der Waals surface area contributed by atoms with Crippen LogP contribution in [0.4, 0.5) is 5.69 Å². The Balaban J connectivity index is 1.30. The van der Waals surface area contributed by atoms with E-state index in [4.69, 9.17) is 14.2 Å². The van der Waals surface area contributed by atoms with Gasteiger partial charge in [-0.05, 0) is 75.8 Å². The number of carboxylic acid groups (broad SMARTS) is 1. The fraction of sp³-hybridized carbons (Fsp3) is 0.556. The number of benzene rings is 3. The Bertz CT molecular complexity index is 1660. The highest BCUT2D eigenvalue weighted by Gasteiger charge is 2.21. The Morgan fingerprint density at radius 2 is 1.34 bits per heavy atom. The molecule has 2 amide bonds. The SMILES string of the molecule is CCCCOC(=O)C(CC)CCCCCCCCCCC(CC)C(=O)Nc1ccc(OCCCNC(=O)c2cc(OC(C)C(=O)O)c3ccccc3c2O)cc1. The van der Waals surface area contributed by atoms with Gasteiger partial charge in [-0.2, -0.15) is 0 Å². The van der Waals surface area contributed by atoms with Crippen LogP contribution in [-0.2, 0) is 19.1 Å². The minimum atomic E-state index is -1.15.